The number of sulfonamides is 1. The largest absolute Gasteiger partial charge is 0.479 e. The molecule has 0 fully saturated rings. The van der Waals surface area contributed by atoms with E-state index in [-0.39, 0.29) is 4.90 Å². The predicted octanol–water partition coefficient (Wildman–Crippen LogP) is -1.29. The number of hydrogen-bond acceptors (Lipinski definition) is 5. The van der Waals surface area contributed by atoms with Gasteiger partial charge in [0.05, 0.1) is 6.20 Å². The van der Waals surface area contributed by atoms with Crippen molar-refractivity contribution in [2.45, 2.75) is 4.90 Å². The SMILES string of the molecule is Cn1cc(S(=O)(=O)NOCC(=O)O)cn1. The summed E-state index contributed by atoms with van der Waals surface area (Å²) in [4.78, 5) is 15.9. The van der Waals surface area contributed by atoms with E-state index in [1.54, 1.807) is 11.9 Å². The predicted molar refractivity (Wildman–Crippen MR) is 47.1 cm³/mol. The molecule has 9 heteroatoms. The summed E-state index contributed by atoms with van der Waals surface area (Å²) in [7, 11) is -2.30. The lowest BCUT2D eigenvalue weighted by molar-refractivity contribution is -0.143. The minimum Gasteiger partial charge on any atom is -0.479 e. The molecular weight excluding hydrogens is 226 g/mol. The highest BCUT2D eigenvalue weighted by atomic mass is 32.2. The van der Waals surface area contributed by atoms with Gasteiger partial charge >= 0.3 is 5.97 Å². The fraction of sp³-hybridized carbons (Fsp3) is 0.333. The molecule has 1 aromatic heterocycles. The van der Waals surface area contributed by atoms with E-state index in [1.165, 1.54) is 10.9 Å². The van der Waals surface area contributed by atoms with Gasteiger partial charge in [-0.05, 0) is 0 Å². The van der Waals surface area contributed by atoms with Crippen LogP contribution in [0.1, 0.15) is 0 Å². The lowest BCUT2D eigenvalue weighted by Crippen LogP contribution is -2.26. The first kappa shape index (κ1) is 11.6. The Labute approximate surface area is 85.5 Å². The van der Waals surface area contributed by atoms with Gasteiger partial charge in [-0.3, -0.25) is 9.52 Å². The summed E-state index contributed by atoms with van der Waals surface area (Å²) in [5.74, 6) is -1.27. The maximum atomic E-state index is 11.3. The molecule has 2 N–H and O–H groups in total. The summed E-state index contributed by atoms with van der Waals surface area (Å²) < 4.78 is 24.0. The van der Waals surface area contributed by atoms with Crippen LogP contribution in [-0.2, 0) is 26.7 Å². The van der Waals surface area contributed by atoms with Gasteiger partial charge < -0.3 is 5.11 Å². The number of hydrogen-bond donors (Lipinski definition) is 2. The van der Waals surface area contributed by atoms with Crippen LogP contribution in [0.15, 0.2) is 17.3 Å². The van der Waals surface area contributed by atoms with Crippen LogP contribution in [0, 0.1) is 0 Å². The molecule has 0 unspecified atom stereocenters. The van der Waals surface area contributed by atoms with E-state index in [4.69, 9.17) is 5.11 Å². The third-order valence-electron chi connectivity index (χ3n) is 1.36. The van der Waals surface area contributed by atoms with Crippen molar-refractivity contribution < 1.29 is 23.2 Å². The second-order valence-electron chi connectivity index (χ2n) is 2.62. The molecule has 0 radical (unpaired) electrons. The summed E-state index contributed by atoms with van der Waals surface area (Å²) in [5.41, 5.74) is 0. The van der Waals surface area contributed by atoms with Gasteiger partial charge in [0.25, 0.3) is 10.0 Å². The Balaban J connectivity index is 2.64. The third-order valence-corrected chi connectivity index (χ3v) is 2.52. The van der Waals surface area contributed by atoms with Gasteiger partial charge in [0.1, 0.15) is 4.90 Å². The number of carboxylic acids is 1. The number of nitrogens with one attached hydrogen (secondary N) is 1. The summed E-state index contributed by atoms with van der Waals surface area (Å²) in [6.45, 7) is -0.751. The molecule has 1 rings (SSSR count). The van der Waals surface area contributed by atoms with Gasteiger partial charge in [0.2, 0.25) is 0 Å². The van der Waals surface area contributed by atoms with Crippen molar-refractivity contribution >= 4 is 16.0 Å². The van der Waals surface area contributed by atoms with Crippen molar-refractivity contribution in [3.63, 3.8) is 0 Å². The summed E-state index contributed by atoms with van der Waals surface area (Å²) in [6, 6.07) is 0. The lowest BCUT2D eigenvalue weighted by Gasteiger charge is -2.02. The third kappa shape index (κ3) is 3.31. The normalized spacial score (nSPS) is 11.5. The number of carboxylic acid groups (broad SMARTS) is 1. The van der Waals surface area contributed by atoms with Gasteiger partial charge in [0, 0.05) is 13.2 Å². The van der Waals surface area contributed by atoms with Crippen molar-refractivity contribution in [2.75, 3.05) is 6.61 Å². The Hall–Kier alpha value is -1.45. The first-order valence-electron chi connectivity index (χ1n) is 3.76. The average Bonchev–Trinajstić information content (AvgIpc) is 2.51. The zero-order valence-electron chi connectivity index (χ0n) is 7.74. The fourth-order valence-electron chi connectivity index (χ4n) is 0.754. The van der Waals surface area contributed by atoms with Gasteiger partial charge in [-0.2, -0.15) is 5.10 Å². The van der Waals surface area contributed by atoms with Gasteiger partial charge in [0.15, 0.2) is 6.61 Å². The van der Waals surface area contributed by atoms with Crippen molar-refractivity contribution in [1.29, 1.82) is 0 Å². The first-order valence-corrected chi connectivity index (χ1v) is 5.24. The molecule has 0 saturated carbocycles. The van der Waals surface area contributed by atoms with Gasteiger partial charge in [-0.1, -0.05) is 4.89 Å². The minimum atomic E-state index is -3.85. The Morgan fingerprint density at radius 3 is 2.87 bits per heavy atom. The molecule has 0 spiro atoms. The zero-order valence-corrected chi connectivity index (χ0v) is 8.56. The van der Waals surface area contributed by atoms with E-state index in [2.05, 4.69) is 9.94 Å². The van der Waals surface area contributed by atoms with Crippen molar-refractivity contribution in [2.24, 2.45) is 7.05 Å². The van der Waals surface area contributed by atoms with Crippen LogP contribution < -0.4 is 4.89 Å². The van der Waals surface area contributed by atoms with Crippen molar-refractivity contribution in [3.05, 3.63) is 12.4 Å². The number of aliphatic carboxylic acids is 1. The standard InChI is InChI=1S/C6H9N3O5S/c1-9-3-5(2-7-9)15(12,13)8-14-4-6(10)11/h2-3,8H,4H2,1H3,(H,10,11). The Kier molecular flexibility index (Phi) is 3.39. The quantitative estimate of drug-likeness (QED) is 0.615. The van der Waals surface area contributed by atoms with Crippen LogP contribution in [-0.4, -0.2) is 35.9 Å². The lowest BCUT2D eigenvalue weighted by atomic mass is 10.7. The number of rotatable bonds is 5. The molecular formula is C6H9N3O5S. The highest BCUT2D eigenvalue weighted by Crippen LogP contribution is 2.05. The molecule has 8 nitrogen and oxygen atoms in total. The van der Waals surface area contributed by atoms with E-state index in [0.717, 1.165) is 6.20 Å². The Morgan fingerprint density at radius 1 is 1.73 bits per heavy atom. The van der Waals surface area contributed by atoms with Crippen LogP contribution in [0.4, 0.5) is 0 Å². The number of carbonyl (C=O) groups is 1. The van der Waals surface area contributed by atoms with Crippen LogP contribution in [0.2, 0.25) is 0 Å². The molecule has 0 aromatic carbocycles. The number of aromatic nitrogens is 2. The van der Waals surface area contributed by atoms with E-state index in [0.29, 0.717) is 0 Å². The first-order chi connectivity index (χ1) is 6.92. The minimum absolute atomic E-state index is 0.101. The van der Waals surface area contributed by atoms with E-state index >= 15 is 0 Å². The molecule has 0 aliphatic rings. The van der Waals surface area contributed by atoms with Crippen LogP contribution in [0.25, 0.3) is 0 Å². The number of aryl methyl sites for hydroxylation is 1. The monoisotopic (exact) mass is 235 g/mol. The summed E-state index contributed by atoms with van der Waals surface area (Å²) in [6.07, 6.45) is 2.37. The highest BCUT2D eigenvalue weighted by Gasteiger charge is 2.16. The highest BCUT2D eigenvalue weighted by molar-refractivity contribution is 7.89. The average molecular weight is 235 g/mol. The van der Waals surface area contributed by atoms with Crippen LogP contribution in [0.3, 0.4) is 0 Å². The molecule has 0 bridgehead atoms. The smallest absolute Gasteiger partial charge is 0.331 e. The molecule has 0 aliphatic carbocycles. The topological polar surface area (TPSA) is 111 Å². The molecule has 15 heavy (non-hydrogen) atoms. The maximum Gasteiger partial charge on any atom is 0.331 e. The van der Waals surface area contributed by atoms with Crippen molar-refractivity contribution in [1.82, 2.24) is 14.7 Å². The van der Waals surface area contributed by atoms with Gasteiger partial charge in [-0.25, -0.2) is 13.2 Å². The molecule has 0 saturated heterocycles. The molecule has 1 heterocycles. The van der Waals surface area contributed by atoms with E-state index in [1.807, 2.05) is 0 Å². The fourth-order valence-corrected chi connectivity index (χ4v) is 1.54. The summed E-state index contributed by atoms with van der Waals surface area (Å²) >= 11 is 0. The second kappa shape index (κ2) is 4.38. The molecule has 84 valence electrons. The Morgan fingerprint density at radius 2 is 2.40 bits per heavy atom. The van der Waals surface area contributed by atoms with E-state index < -0.39 is 22.6 Å². The molecule has 0 amide bonds. The number of nitrogens with zero attached hydrogens (tertiary/aromatic N) is 2. The second-order valence-corrected chi connectivity index (χ2v) is 4.26. The molecule has 0 atom stereocenters. The van der Waals surface area contributed by atoms with Gasteiger partial charge in [-0.15, -0.1) is 0 Å². The van der Waals surface area contributed by atoms with Crippen molar-refractivity contribution in [3.8, 4) is 0 Å². The van der Waals surface area contributed by atoms with Crippen LogP contribution in [0.5, 0.6) is 0 Å². The van der Waals surface area contributed by atoms with E-state index in [9.17, 15) is 13.2 Å². The maximum absolute atomic E-state index is 11.3. The summed E-state index contributed by atoms with van der Waals surface area (Å²) in [5, 5.41) is 11.9. The van der Waals surface area contributed by atoms with Crippen LogP contribution >= 0.6 is 0 Å². The molecule has 1 aromatic rings. The zero-order chi connectivity index (χ0) is 11.5. The Bertz CT molecular complexity index is 451. The molecule has 0 aliphatic heterocycles.